The Morgan fingerprint density at radius 3 is 2.76 bits per heavy atom. The van der Waals surface area contributed by atoms with E-state index in [-0.39, 0.29) is 0 Å². The molecule has 1 fully saturated rings. The van der Waals surface area contributed by atoms with E-state index in [9.17, 15) is 0 Å². The van der Waals surface area contributed by atoms with Gasteiger partial charge in [0.25, 0.3) is 0 Å². The summed E-state index contributed by atoms with van der Waals surface area (Å²) in [7, 11) is 0. The van der Waals surface area contributed by atoms with Gasteiger partial charge in [-0.15, -0.1) is 0 Å². The normalized spacial score (nSPS) is 17.7. The van der Waals surface area contributed by atoms with Crippen molar-refractivity contribution < 1.29 is 0 Å². The van der Waals surface area contributed by atoms with E-state index in [2.05, 4.69) is 15.9 Å². The first-order chi connectivity index (χ1) is 8.25. The molecule has 0 spiro atoms. The van der Waals surface area contributed by atoms with E-state index < -0.39 is 0 Å². The van der Waals surface area contributed by atoms with Gasteiger partial charge >= 0.3 is 0 Å². The third-order valence-electron chi connectivity index (χ3n) is 3.64. The Morgan fingerprint density at radius 2 is 2.00 bits per heavy atom. The second-order valence-electron chi connectivity index (χ2n) is 4.79. The fraction of sp³-hybridized carbons (Fsp3) is 0.462. The van der Waals surface area contributed by atoms with Crippen LogP contribution in [0.4, 0.5) is 5.82 Å². The van der Waals surface area contributed by atoms with E-state index >= 15 is 0 Å². The van der Waals surface area contributed by atoms with Crippen molar-refractivity contribution in [2.75, 3.05) is 5.73 Å². The first-order valence-electron chi connectivity index (χ1n) is 6.18. The van der Waals surface area contributed by atoms with Crippen molar-refractivity contribution in [3.8, 4) is 0 Å². The molecular formula is C13H16BrN3. The van der Waals surface area contributed by atoms with Gasteiger partial charge in [0.15, 0.2) is 0 Å². The second kappa shape index (κ2) is 4.33. The predicted octanol–water partition coefficient (Wildman–Crippen LogP) is 3.73. The lowest BCUT2D eigenvalue weighted by molar-refractivity contribution is 0.439. The second-order valence-corrected chi connectivity index (χ2v) is 5.71. The molecule has 0 saturated heterocycles. The van der Waals surface area contributed by atoms with Crippen molar-refractivity contribution in [3.05, 3.63) is 28.5 Å². The van der Waals surface area contributed by atoms with Crippen LogP contribution in [0.2, 0.25) is 0 Å². The predicted molar refractivity (Wildman–Crippen MR) is 73.1 cm³/mol. The molecule has 2 heterocycles. The number of hydrogen-bond acceptors (Lipinski definition) is 2. The van der Waals surface area contributed by atoms with Gasteiger partial charge in [0.1, 0.15) is 11.5 Å². The molecule has 3 nitrogen and oxygen atoms in total. The number of nitrogens with zero attached hydrogens (tertiary/aromatic N) is 2. The molecule has 4 heteroatoms. The standard InChI is InChI=1S/C13H16BrN3/c14-10-6-7-11-16-12(13(15)17(11)8-10)9-4-2-1-3-5-9/h6-9H,1-5,15H2. The van der Waals surface area contributed by atoms with Gasteiger partial charge in [0.05, 0.1) is 5.69 Å². The van der Waals surface area contributed by atoms with Gasteiger partial charge in [-0.1, -0.05) is 19.3 Å². The average molecular weight is 294 g/mol. The molecule has 0 aromatic carbocycles. The molecule has 1 aliphatic rings. The quantitative estimate of drug-likeness (QED) is 0.871. The maximum absolute atomic E-state index is 6.22. The number of anilines is 1. The number of hydrogen-bond donors (Lipinski definition) is 1. The van der Waals surface area contributed by atoms with Gasteiger partial charge in [-0.3, -0.25) is 4.40 Å². The lowest BCUT2D eigenvalue weighted by Gasteiger charge is -2.20. The summed E-state index contributed by atoms with van der Waals surface area (Å²) in [6.45, 7) is 0. The van der Waals surface area contributed by atoms with Crippen molar-refractivity contribution in [1.82, 2.24) is 9.38 Å². The largest absolute Gasteiger partial charge is 0.383 e. The summed E-state index contributed by atoms with van der Waals surface area (Å²) in [6, 6.07) is 4.01. The molecule has 0 unspecified atom stereocenters. The SMILES string of the molecule is Nc1c(C2CCCCC2)nc2ccc(Br)cn12. The molecule has 2 aromatic rings. The van der Waals surface area contributed by atoms with Crippen LogP contribution < -0.4 is 5.73 Å². The molecule has 17 heavy (non-hydrogen) atoms. The molecule has 1 saturated carbocycles. The Bertz CT molecular complexity index is 541. The molecule has 0 radical (unpaired) electrons. The minimum Gasteiger partial charge on any atom is -0.383 e. The Morgan fingerprint density at radius 1 is 1.24 bits per heavy atom. The van der Waals surface area contributed by atoms with Crippen LogP contribution in [0.25, 0.3) is 5.65 Å². The van der Waals surface area contributed by atoms with Crippen LogP contribution in [0, 0.1) is 0 Å². The summed E-state index contributed by atoms with van der Waals surface area (Å²) in [4.78, 5) is 4.69. The Hall–Kier alpha value is -1.03. The fourth-order valence-corrected chi connectivity index (χ4v) is 3.07. The van der Waals surface area contributed by atoms with Gasteiger partial charge in [0.2, 0.25) is 0 Å². The van der Waals surface area contributed by atoms with E-state index in [1.54, 1.807) is 0 Å². The Kier molecular flexibility index (Phi) is 2.82. The van der Waals surface area contributed by atoms with Crippen molar-refractivity contribution in [2.24, 2.45) is 0 Å². The van der Waals surface area contributed by atoms with E-state index in [4.69, 9.17) is 10.7 Å². The molecule has 0 bridgehead atoms. The van der Waals surface area contributed by atoms with Gasteiger partial charge < -0.3 is 5.73 Å². The zero-order valence-electron chi connectivity index (χ0n) is 9.69. The van der Waals surface area contributed by atoms with Gasteiger partial charge in [0, 0.05) is 16.6 Å². The number of rotatable bonds is 1. The van der Waals surface area contributed by atoms with Crippen molar-refractivity contribution in [2.45, 2.75) is 38.0 Å². The highest BCUT2D eigenvalue weighted by Gasteiger charge is 2.21. The van der Waals surface area contributed by atoms with Crippen LogP contribution in [-0.4, -0.2) is 9.38 Å². The smallest absolute Gasteiger partial charge is 0.138 e. The topological polar surface area (TPSA) is 43.3 Å². The first-order valence-corrected chi connectivity index (χ1v) is 6.98. The van der Waals surface area contributed by atoms with Gasteiger partial charge in [-0.2, -0.15) is 0 Å². The Balaban J connectivity index is 2.07. The van der Waals surface area contributed by atoms with Crippen LogP contribution in [0.1, 0.15) is 43.7 Å². The summed E-state index contributed by atoms with van der Waals surface area (Å²) in [5.74, 6) is 1.37. The Labute approximate surface area is 109 Å². The van der Waals surface area contributed by atoms with Crippen LogP contribution in [0.3, 0.4) is 0 Å². The summed E-state index contributed by atoms with van der Waals surface area (Å²) in [5.41, 5.74) is 8.27. The maximum atomic E-state index is 6.22. The summed E-state index contributed by atoms with van der Waals surface area (Å²) in [5, 5.41) is 0. The number of aromatic nitrogens is 2. The van der Waals surface area contributed by atoms with Crippen molar-refractivity contribution >= 4 is 27.4 Å². The first kappa shape index (κ1) is 11.1. The lowest BCUT2D eigenvalue weighted by Crippen LogP contribution is -2.07. The van der Waals surface area contributed by atoms with Gasteiger partial charge in [-0.05, 0) is 40.9 Å². The molecule has 2 N–H and O–H groups in total. The molecule has 90 valence electrons. The van der Waals surface area contributed by atoms with E-state index in [0.717, 1.165) is 21.6 Å². The number of halogens is 1. The lowest BCUT2D eigenvalue weighted by atomic mass is 9.87. The van der Waals surface area contributed by atoms with Crippen LogP contribution in [0.5, 0.6) is 0 Å². The van der Waals surface area contributed by atoms with Crippen LogP contribution in [0.15, 0.2) is 22.8 Å². The molecule has 2 aromatic heterocycles. The van der Waals surface area contributed by atoms with Gasteiger partial charge in [-0.25, -0.2) is 4.98 Å². The van der Waals surface area contributed by atoms with Crippen molar-refractivity contribution in [3.63, 3.8) is 0 Å². The fourth-order valence-electron chi connectivity index (χ4n) is 2.73. The third kappa shape index (κ3) is 1.95. The third-order valence-corrected chi connectivity index (χ3v) is 4.11. The van der Waals surface area contributed by atoms with E-state index in [0.29, 0.717) is 5.92 Å². The summed E-state index contributed by atoms with van der Waals surface area (Å²) < 4.78 is 3.01. The van der Waals surface area contributed by atoms with E-state index in [1.807, 2.05) is 22.7 Å². The average Bonchev–Trinajstić information content (AvgIpc) is 2.68. The number of pyridine rings is 1. The molecular weight excluding hydrogens is 278 g/mol. The molecule has 1 aliphatic carbocycles. The highest BCUT2D eigenvalue weighted by atomic mass is 79.9. The zero-order valence-corrected chi connectivity index (χ0v) is 11.3. The van der Waals surface area contributed by atoms with E-state index in [1.165, 1.54) is 32.1 Å². The van der Waals surface area contributed by atoms with Crippen LogP contribution in [-0.2, 0) is 0 Å². The zero-order chi connectivity index (χ0) is 11.8. The molecule has 0 amide bonds. The number of nitrogen functional groups attached to an aromatic ring is 1. The maximum Gasteiger partial charge on any atom is 0.138 e. The molecule has 0 aliphatic heterocycles. The highest BCUT2D eigenvalue weighted by molar-refractivity contribution is 9.10. The minimum absolute atomic E-state index is 0.558. The van der Waals surface area contributed by atoms with Crippen molar-refractivity contribution in [1.29, 1.82) is 0 Å². The minimum atomic E-state index is 0.558. The number of fused-ring (bicyclic) bond motifs is 1. The molecule has 3 rings (SSSR count). The monoisotopic (exact) mass is 293 g/mol. The highest BCUT2D eigenvalue weighted by Crippen LogP contribution is 2.35. The number of imidazole rings is 1. The molecule has 0 atom stereocenters. The summed E-state index contributed by atoms with van der Waals surface area (Å²) >= 11 is 3.47. The van der Waals surface area contributed by atoms with Crippen LogP contribution >= 0.6 is 15.9 Å². The summed E-state index contributed by atoms with van der Waals surface area (Å²) in [6.07, 6.45) is 8.42. The number of nitrogens with two attached hydrogens (primary N) is 1.